The number of piperidine rings is 1. The normalized spacial score (nSPS) is 18.7. The van der Waals surface area contributed by atoms with Gasteiger partial charge in [-0.05, 0) is 49.3 Å². The number of hydrogen-bond acceptors (Lipinski definition) is 5. The number of aromatic nitrogens is 1. The lowest BCUT2D eigenvalue weighted by molar-refractivity contribution is -0.124. The summed E-state index contributed by atoms with van der Waals surface area (Å²) in [6.07, 6.45) is 13.7. The molecule has 0 aromatic carbocycles. The molecule has 0 bridgehead atoms. The zero-order valence-corrected chi connectivity index (χ0v) is 18.9. The Morgan fingerprint density at radius 3 is 2.52 bits per heavy atom. The zero-order valence-electron chi connectivity index (χ0n) is 16.5. The van der Waals surface area contributed by atoms with Gasteiger partial charge in [0.2, 0.25) is 0 Å². The Bertz CT molecular complexity index is 661. The van der Waals surface area contributed by atoms with Gasteiger partial charge in [0.25, 0.3) is 5.91 Å². The largest absolute Gasteiger partial charge is 0.366 e. The van der Waals surface area contributed by atoms with E-state index in [0.29, 0.717) is 22.4 Å². The molecular weight excluding hydrogens is 435 g/mol. The molecule has 0 radical (unpaired) electrons. The second-order valence-electron chi connectivity index (χ2n) is 7.63. The number of likely N-dealkylation sites (tertiary alicyclic amines) is 1. The van der Waals surface area contributed by atoms with E-state index in [1.165, 1.54) is 44.7 Å². The first-order valence-electron chi connectivity index (χ1n) is 9.90. The van der Waals surface area contributed by atoms with Crippen molar-refractivity contribution < 1.29 is 10.0 Å². The average molecular weight is 466 g/mol. The fourth-order valence-corrected chi connectivity index (χ4v) is 4.28. The highest BCUT2D eigenvalue weighted by atomic mass is 35.5. The fraction of sp³-hybridized carbons (Fsp3) is 0.600. The summed E-state index contributed by atoms with van der Waals surface area (Å²) < 4.78 is 0. The maximum absolute atomic E-state index is 11.0. The van der Waals surface area contributed by atoms with Crippen molar-refractivity contribution in [2.75, 3.05) is 25.0 Å². The Labute approximate surface area is 190 Å². The summed E-state index contributed by atoms with van der Waals surface area (Å²) >= 11 is 6.34. The zero-order chi connectivity index (χ0) is 19.1. The highest BCUT2D eigenvalue weighted by Gasteiger charge is 2.23. The van der Waals surface area contributed by atoms with Gasteiger partial charge in [0.1, 0.15) is 5.82 Å². The molecule has 9 heteroatoms. The fourth-order valence-electron chi connectivity index (χ4n) is 4.05. The number of carbonyl (C=O) groups is 1. The molecule has 6 nitrogen and oxygen atoms in total. The van der Waals surface area contributed by atoms with E-state index in [1.807, 2.05) is 0 Å². The van der Waals surface area contributed by atoms with E-state index in [2.05, 4.69) is 15.2 Å². The van der Waals surface area contributed by atoms with E-state index in [-0.39, 0.29) is 24.8 Å². The van der Waals surface area contributed by atoms with Crippen LogP contribution < -0.4 is 10.8 Å². The van der Waals surface area contributed by atoms with Crippen LogP contribution in [-0.4, -0.2) is 46.7 Å². The molecule has 1 saturated carbocycles. The lowest BCUT2D eigenvalue weighted by atomic mass is 9.88. The van der Waals surface area contributed by atoms with E-state index < -0.39 is 5.91 Å². The first-order valence-corrected chi connectivity index (χ1v) is 10.3. The van der Waals surface area contributed by atoms with Crippen LogP contribution in [0.3, 0.4) is 0 Å². The van der Waals surface area contributed by atoms with Crippen molar-refractivity contribution in [1.29, 1.82) is 0 Å². The minimum Gasteiger partial charge on any atom is -0.366 e. The molecule has 0 spiro atoms. The van der Waals surface area contributed by atoms with Gasteiger partial charge in [0, 0.05) is 37.9 Å². The summed E-state index contributed by atoms with van der Waals surface area (Å²) in [5.41, 5.74) is 2.25. The number of pyridine rings is 1. The Morgan fingerprint density at radius 2 is 1.90 bits per heavy atom. The van der Waals surface area contributed by atoms with E-state index in [9.17, 15) is 4.79 Å². The van der Waals surface area contributed by atoms with E-state index in [4.69, 9.17) is 16.8 Å². The van der Waals surface area contributed by atoms with Crippen LogP contribution in [0.15, 0.2) is 18.3 Å². The Kier molecular flexibility index (Phi) is 11.9. The van der Waals surface area contributed by atoms with Crippen LogP contribution in [-0.2, 0) is 4.79 Å². The maximum Gasteiger partial charge on any atom is 0.267 e. The molecule has 2 heterocycles. The minimum absolute atomic E-state index is 0. The number of nitrogens with zero attached hydrogens (tertiary/aromatic N) is 2. The standard InChI is InChI=1S/C20H29ClN4O2.2ClH/c21-18-12-16(6-7-19(26)24-27)13-22-20(18)23-17-8-10-25(11-9-17)14-15-4-2-1-3-5-15;;/h6-7,12-13,15,17,27H,1-5,8-11,14H2,(H,22,23)(H,24,26);2*1H/b7-6+;;. The van der Waals surface area contributed by atoms with Gasteiger partial charge < -0.3 is 10.2 Å². The maximum atomic E-state index is 11.0. The van der Waals surface area contributed by atoms with E-state index >= 15 is 0 Å². The Morgan fingerprint density at radius 1 is 1.21 bits per heavy atom. The molecule has 1 aromatic heterocycles. The van der Waals surface area contributed by atoms with Crippen LogP contribution in [0, 0.1) is 5.92 Å². The summed E-state index contributed by atoms with van der Waals surface area (Å²) in [4.78, 5) is 18.0. The van der Waals surface area contributed by atoms with Gasteiger partial charge in [0.05, 0.1) is 5.02 Å². The molecule has 0 unspecified atom stereocenters. The van der Waals surface area contributed by atoms with Crippen LogP contribution in [0.2, 0.25) is 5.02 Å². The number of anilines is 1. The van der Waals surface area contributed by atoms with Crippen LogP contribution in [0.5, 0.6) is 0 Å². The number of amides is 1. The third-order valence-corrected chi connectivity index (χ3v) is 5.86. The summed E-state index contributed by atoms with van der Waals surface area (Å²) in [6.45, 7) is 3.51. The SMILES string of the molecule is Cl.Cl.O=C(/C=C/c1cnc(NC2CCN(CC3CCCCC3)CC2)c(Cl)c1)NO. The number of nitrogens with one attached hydrogen (secondary N) is 2. The summed E-state index contributed by atoms with van der Waals surface area (Å²) in [5, 5.41) is 12.5. The first kappa shape index (κ1) is 26.0. The van der Waals surface area contributed by atoms with Crippen molar-refractivity contribution in [1.82, 2.24) is 15.4 Å². The van der Waals surface area contributed by atoms with E-state index in [0.717, 1.165) is 31.8 Å². The predicted octanol–water partition coefficient (Wildman–Crippen LogP) is 4.55. The van der Waals surface area contributed by atoms with Gasteiger partial charge in [-0.15, -0.1) is 24.8 Å². The van der Waals surface area contributed by atoms with Gasteiger partial charge >= 0.3 is 0 Å². The van der Waals surface area contributed by atoms with Crippen LogP contribution >= 0.6 is 36.4 Å². The molecule has 29 heavy (non-hydrogen) atoms. The lowest BCUT2D eigenvalue weighted by Crippen LogP contribution is -2.41. The molecule has 1 amide bonds. The quantitative estimate of drug-likeness (QED) is 0.326. The van der Waals surface area contributed by atoms with Crippen molar-refractivity contribution in [3.63, 3.8) is 0 Å². The van der Waals surface area contributed by atoms with Gasteiger partial charge in [-0.2, -0.15) is 0 Å². The predicted molar refractivity (Wildman–Crippen MR) is 122 cm³/mol. The molecule has 1 saturated heterocycles. The van der Waals surface area contributed by atoms with Crippen molar-refractivity contribution in [2.24, 2.45) is 5.92 Å². The third kappa shape index (κ3) is 8.30. The molecule has 1 aliphatic carbocycles. The third-order valence-electron chi connectivity index (χ3n) is 5.57. The molecule has 3 rings (SSSR count). The number of hydroxylamine groups is 1. The molecule has 0 atom stereocenters. The highest BCUT2D eigenvalue weighted by Crippen LogP contribution is 2.27. The minimum atomic E-state index is -0.590. The molecule has 1 aliphatic heterocycles. The van der Waals surface area contributed by atoms with Crippen molar-refractivity contribution in [2.45, 2.75) is 51.0 Å². The summed E-state index contributed by atoms with van der Waals surface area (Å²) in [6, 6.07) is 2.15. The van der Waals surface area contributed by atoms with Gasteiger partial charge in [-0.3, -0.25) is 10.0 Å². The monoisotopic (exact) mass is 464 g/mol. The highest BCUT2D eigenvalue weighted by molar-refractivity contribution is 6.33. The Hall–Kier alpha value is -1.05. The van der Waals surface area contributed by atoms with Crippen molar-refractivity contribution >= 4 is 54.2 Å². The molecule has 2 aliphatic rings. The van der Waals surface area contributed by atoms with Crippen LogP contribution in [0.25, 0.3) is 6.08 Å². The van der Waals surface area contributed by atoms with E-state index in [1.54, 1.807) is 23.8 Å². The van der Waals surface area contributed by atoms with Gasteiger partial charge in [0.15, 0.2) is 0 Å². The molecule has 1 aromatic rings. The topological polar surface area (TPSA) is 77.5 Å². The molecular formula is C20H31Cl3N4O2. The second-order valence-corrected chi connectivity index (χ2v) is 8.04. The average Bonchev–Trinajstić information content (AvgIpc) is 2.70. The number of hydrogen-bond donors (Lipinski definition) is 3. The molecule has 164 valence electrons. The smallest absolute Gasteiger partial charge is 0.267 e. The number of rotatable bonds is 6. The first-order chi connectivity index (χ1) is 13.1. The van der Waals surface area contributed by atoms with Crippen LogP contribution in [0.4, 0.5) is 5.82 Å². The number of halogens is 3. The summed E-state index contributed by atoms with van der Waals surface area (Å²) in [5.74, 6) is 0.993. The molecule has 2 fully saturated rings. The summed E-state index contributed by atoms with van der Waals surface area (Å²) in [7, 11) is 0. The van der Waals surface area contributed by atoms with Crippen molar-refractivity contribution in [3.8, 4) is 0 Å². The van der Waals surface area contributed by atoms with Gasteiger partial charge in [-0.1, -0.05) is 30.9 Å². The van der Waals surface area contributed by atoms with Crippen molar-refractivity contribution in [3.05, 3.63) is 28.9 Å². The second kappa shape index (κ2) is 13.3. The number of carbonyl (C=O) groups excluding carboxylic acids is 1. The van der Waals surface area contributed by atoms with Gasteiger partial charge in [-0.25, -0.2) is 10.5 Å². The molecule has 3 N–H and O–H groups in total. The van der Waals surface area contributed by atoms with Crippen LogP contribution in [0.1, 0.15) is 50.5 Å². The lowest BCUT2D eigenvalue weighted by Gasteiger charge is -2.35. The Balaban J connectivity index is 0.00000210.